The highest BCUT2D eigenvalue weighted by Gasteiger charge is 2.27. The highest BCUT2D eigenvalue weighted by molar-refractivity contribution is 5.08. The van der Waals surface area contributed by atoms with E-state index in [0.717, 1.165) is 4.68 Å². The maximum absolute atomic E-state index is 12.2. The molecule has 98 valence electrons. The van der Waals surface area contributed by atoms with Crippen LogP contribution in [0, 0.1) is 0 Å². The summed E-state index contributed by atoms with van der Waals surface area (Å²) >= 11 is 0. The molecule has 1 N–H and O–H groups in total. The zero-order valence-electron chi connectivity index (χ0n) is 9.74. The zero-order chi connectivity index (χ0) is 13.2. The molecule has 8 heteroatoms. The molecule has 2 rings (SSSR count). The van der Waals surface area contributed by atoms with Gasteiger partial charge in [-0.25, -0.2) is 18.4 Å². The van der Waals surface area contributed by atoms with E-state index in [2.05, 4.69) is 15.2 Å². The fraction of sp³-hybridized carbons (Fsp3) is 0.500. The van der Waals surface area contributed by atoms with E-state index in [1.54, 1.807) is 6.92 Å². The Morgan fingerprint density at radius 1 is 1.44 bits per heavy atom. The van der Waals surface area contributed by atoms with Gasteiger partial charge in [0.15, 0.2) is 0 Å². The van der Waals surface area contributed by atoms with Gasteiger partial charge in [0, 0.05) is 6.20 Å². The number of halogens is 2. The number of hydrogen-bond acceptors (Lipinski definition) is 4. The monoisotopic (exact) mass is 257 g/mol. The molecule has 1 atom stereocenters. The van der Waals surface area contributed by atoms with Crippen molar-refractivity contribution in [1.29, 1.82) is 0 Å². The van der Waals surface area contributed by atoms with Crippen molar-refractivity contribution in [3.8, 4) is 0 Å². The van der Waals surface area contributed by atoms with Crippen LogP contribution in [0.4, 0.5) is 8.78 Å². The second-order valence-electron chi connectivity index (χ2n) is 4.18. The van der Waals surface area contributed by atoms with Crippen molar-refractivity contribution in [2.75, 3.05) is 0 Å². The van der Waals surface area contributed by atoms with Crippen molar-refractivity contribution < 1.29 is 13.9 Å². The fourth-order valence-corrected chi connectivity index (χ4v) is 1.60. The zero-order valence-corrected chi connectivity index (χ0v) is 9.74. The molecule has 6 nitrogen and oxygen atoms in total. The normalized spacial score (nSPS) is 14.9. The van der Waals surface area contributed by atoms with Crippen molar-refractivity contribution in [2.45, 2.75) is 32.0 Å². The van der Waals surface area contributed by atoms with Crippen molar-refractivity contribution in [3.63, 3.8) is 0 Å². The molecule has 0 aliphatic rings. The first-order valence-electron chi connectivity index (χ1n) is 5.34. The summed E-state index contributed by atoms with van der Waals surface area (Å²) in [6, 6.07) is 1.51. The summed E-state index contributed by atoms with van der Waals surface area (Å²) in [4.78, 5) is 3.76. The van der Waals surface area contributed by atoms with Gasteiger partial charge in [-0.05, 0) is 13.0 Å². The fourth-order valence-electron chi connectivity index (χ4n) is 1.60. The minimum absolute atomic E-state index is 0.151. The van der Waals surface area contributed by atoms with Crippen LogP contribution in [0.15, 0.2) is 24.9 Å². The van der Waals surface area contributed by atoms with E-state index < -0.39 is 18.6 Å². The van der Waals surface area contributed by atoms with Crippen LogP contribution in [0.3, 0.4) is 0 Å². The lowest BCUT2D eigenvalue weighted by Gasteiger charge is -2.20. The van der Waals surface area contributed by atoms with Gasteiger partial charge < -0.3 is 5.11 Å². The Bertz CT molecular complexity index is 494. The summed E-state index contributed by atoms with van der Waals surface area (Å²) in [7, 11) is 0. The summed E-state index contributed by atoms with van der Waals surface area (Å²) in [5.41, 5.74) is -0.972. The quantitative estimate of drug-likeness (QED) is 0.853. The summed E-state index contributed by atoms with van der Waals surface area (Å²) in [6.07, 6.45) is 1.76. The molecule has 0 aliphatic heterocycles. The van der Waals surface area contributed by atoms with Crippen LogP contribution in [0.2, 0.25) is 0 Å². The molecule has 0 radical (unpaired) electrons. The van der Waals surface area contributed by atoms with E-state index in [-0.39, 0.29) is 6.54 Å². The molecule has 18 heavy (non-hydrogen) atoms. The SMILES string of the molecule is C[C@](O)(Cn1cncn1)c1ccn(CC(F)F)n1. The van der Waals surface area contributed by atoms with Crippen LogP contribution in [0.5, 0.6) is 0 Å². The molecule has 0 aromatic carbocycles. The lowest BCUT2D eigenvalue weighted by Crippen LogP contribution is -2.29. The van der Waals surface area contributed by atoms with Crippen LogP contribution in [0.1, 0.15) is 12.6 Å². The summed E-state index contributed by atoms with van der Waals surface area (Å²) in [5, 5.41) is 18.1. The second-order valence-corrected chi connectivity index (χ2v) is 4.18. The Morgan fingerprint density at radius 2 is 2.22 bits per heavy atom. The second kappa shape index (κ2) is 4.81. The van der Waals surface area contributed by atoms with Crippen LogP contribution >= 0.6 is 0 Å². The maximum atomic E-state index is 12.2. The van der Waals surface area contributed by atoms with Crippen molar-refractivity contribution in [2.24, 2.45) is 0 Å². The number of rotatable bonds is 5. The predicted molar refractivity (Wildman–Crippen MR) is 57.8 cm³/mol. The van der Waals surface area contributed by atoms with Gasteiger partial charge in [0.05, 0.1) is 12.2 Å². The van der Waals surface area contributed by atoms with Gasteiger partial charge in [-0.15, -0.1) is 0 Å². The van der Waals surface area contributed by atoms with E-state index in [0.29, 0.717) is 5.69 Å². The highest BCUT2D eigenvalue weighted by Crippen LogP contribution is 2.20. The Labute approximate surface area is 102 Å². The van der Waals surface area contributed by atoms with Crippen molar-refractivity contribution in [1.82, 2.24) is 24.5 Å². The number of alkyl halides is 2. The van der Waals surface area contributed by atoms with Crippen LogP contribution in [-0.2, 0) is 18.7 Å². The molecule has 0 unspecified atom stereocenters. The Balaban J connectivity index is 2.11. The molecule has 2 aromatic rings. The third-order valence-corrected chi connectivity index (χ3v) is 2.45. The summed E-state index contributed by atoms with van der Waals surface area (Å²) in [6.45, 7) is 1.21. The van der Waals surface area contributed by atoms with Gasteiger partial charge in [0.2, 0.25) is 0 Å². The van der Waals surface area contributed by atoms with E-state index in [1.165, 1.54) is 29.6 Å². The van der Waals surface area contributed by atoms with E-state index in [9.17, 15) is 13.9 Å². The van der Waals surface area contributed by atoms with Crippen molar-refractivity contribution >= 4 is 0 Å². The van der Waals surface area contributed by atoms with E-state index in [1.807, 2.05) is 0 Å². The third-order valence-electron chi connectivity index (χ3n) is 2.45. The smallest absolute Gasteiger partial charge is 0.257 e. The standard InChI is InChI=1S/C10H13F2N5O/c1-10(18,5-17-7-13-6-14-17)8-2-3-16(15-8)4-9(11)12/h2-3,6-7,9,18H,4-5H2,1H3/t10-/m0/s1. The van der Waals surface area contributed by atoms with Crippen molar-refractivity contribution in [3.05, 3.63) is 30.6 Å². The lowest BCUT2D eigenvalue weighted by molar-refractivity contribution is 0.0288. The van der Waals surface area contributed by atoms with Gasteiger partial charge in [0.25, 0.3) is 6.43 Å². The molecule has 0 aliphatic carbocycles. The van der Waals surface area contributed by atoms with Gasteiger partial charge in [0.1, 0.15) is 24.8 Å². The topological polar surface area (TPSA) is 68.8 Å². The number of nitrogens with zero attached hydrogens (tertiary/aromatic N) is 5. The third kappa shape index (κ3) is 2.89. The van der Waals surface area contributed by atoms with Crippen LogP contribution in [0.25, 0.3) is 0 Å². The minimum atomic E-state index is -2.47. The summed E-state index contributed by atoms with van der Waals surface area (Å²) in [5.74, 6) is 0. The van der Waals surface area contributed by atoms with Gasteiger partial charge in [-0.2, -0.15) is 10.2 Å². The number of hydrogen-bond donors (Lipinski definition) is 1. The Hall–Kier alpha value is -1.83. The predicted octanol–water partition coefficient (Wildman–Crippen LogP) is 0.647. The first-order valence-corrected chi connectivity index (χ1v) is 5.34. The Kier molecular flexibility index (Phi) is 3.37. The molecule has 0 saturated carbocycles. The van der Waals surface area contributed by atoms with E-state index in [4.69, 9.17) is 0 Å². The first-order chi connectivity index (χ1) is 8.47. The molecular weight excluding hydrogens is 244 g/mol. The molecule has 2 heterocycles. The number of aromatic nitrogens is 5. The molecule has 0 bridgehead atoms. The lowest BCUT2D eigenvalue weighted by atomic mass is 10.0. The average molecular weight is 257 g/mol. The number of aliphatic hydroxyl groups is 1. The van der Waals surface area contributed by atoms with Crippen LogP contribution < -0.4 is 0 Å². The Morgan fingerprint density at radius 3 is 2.83 bits per heavy atom. The largest absolute Gasteiger partial charge is 0.382 e. The maximum Gasteiger partial charge on any atom is 0.257 e. The van der Waals surface area contributed by atoms with Gasteiger partial charge >= 0.3 is 0 Å². The molecule has 0 fully saturated rings. The van der Waals surface area contributed by atoms with E-state index >= 15 is 0 Å². The molecule has 0 saturated heterocycles. The van der Waals surface area contributed by atoms with Gasteiger partial charge in [-0.3, -0.25) is 4.68 Å². The highest BCUT2D eigenvalue weighted by atomic mass is 19.3. The minimum Gasteiger partial charge on any atom is -0.382 e. The van der Waals surface area contributed by atoms with Gasteiger partial charge in [-0.1, -0.05) is 0 Å². The first kappa shape index (κ1) is 12.6. The molecule has 2 aromatic heterocycles. The summed E-state index contributed by atoms with van der Waals surface area (Å²) < 4.78 is 26.9. The molecule has 0 spiro atoms. The molecule has 0 amide bonds. The molecular formula is C10H13F2N5O. The average Bonchev–Trinajstić information content (AvgIpc) is 2.87. The van der Waals surface area contributed by atoms with Crippen LogP contribution in [-0.4, -0.2) is 36.1 Å².